The van der Waals surface area contributed by atoms with E-state index in [0.29, 0.717) is 5.56 Å². The number of ether oxygens (including phenoxy) is 1. The minimum absolute atomic E-state index is 0.340. The number of aromatic nitrogens is 1. The molecule has 0 fully saturated rings. The first kappa shape index (κ1) is 15.6. The number of benzene rings is 1. The Labute approximate surface area is 127 Å². The number of carbonyl (C=O) groups is 1. The molecule has 6 heteroatoms. The maximum atomic E-state index is 12.0. The van der Waals surface area contributed by atoms with Gasteiger partial charge in [0.1, 0.15) is 0 Å². The number of hydrogen-bond donors (Lipinski definition) is 1. The van der Waals surface area contributed by atoms with Crippen molar-refractivity contribution in [1.29, 1.82) is 0 Å². The van der Waals surface area contributed by atoms with E-state index in [1.165, 1.54) is 14.2 Å². The Morgan fingerprint density at radius 3 is 2.33 bits per heavy atom. The van der Waals surface area contributed by atoms with Crippen LogP contribution in [-0.2, 0) is 14.0 Å². The van der Waals surface area contributed by atoms with Crippen molar-refractivity contribution >= 4 is 18.0 Å². The fraction of sp³-hybridized carbons (Fsp3) is 0.267. The standard InChI is InChI=1S/C15H17NO4S/c1-9-13(14(10(2)16-9)15(17)18-3)11-5-7-12(8-6-11)21-20-19-4/h5-8,16H,1-4H3. The first-order chi connectivity index (χ1) is 10.1. The molecule has 21 heavy (non-hydrogen) atoms. The Bertz CT molecular complexity index is 634. The van der Waals surface area contributed by atoms with Gasteiger partial charge >= 0.3 is 5.97 Å². The predicted molar refractivity (Wildman–Crippen MR) is 81.0 cm³/mol. The van der Waals surface area contributed by atoms with Gasteiger partial charge in [0.05, 0.1) is 31.8 Å². The highest BCUT2D eigenvalue weighted by Crippen LogP contribution is 2.32. The Morgan fingerprint density at radius 2 is 1.76 bits per heavy atom. The zero-order valence-electron chi connectivity index (χ0n) is 12.4. The second-order valence-electron chi connectivity index (χ2n) is 4.46. The molecule has 0 radical (unpaired) electrons. The summed E-state index contributed by atoms with van der Waals surface area (Å²) in [6, 6.07) is 7.68. The van der Waals surface area contributed by atoms with E-state index >= 15 is 0 Å². The minimum Gasteiger partial charge on any atom is -0.465 e. The molecular formula is C15H17NO4S. The SMILES string of the molecule is COOSc1ccc(-c2c(C)[nH]c(C)c2C(=O)OC)cc1. The quantitative estimate of drug-likeness (QED) is 0.395. The lowest BCUT2D eigenvalue weighted by molar-refractivity contribution is -0.160. The third kappa shape index (κ3) is 3.29. The number of esters is 1. The lowest BCUT2D eigenvalue weighted by Crippen LogP contribution is -2.03. The van der Waals surface area contributed by atoms with Gasteiger partial charge in [-0.15, -0.1) is 0 Å². The minimum atomic E-state index is -0.340. The third-order valence-electron chi connectivity index (χ3n) is 3.11. The molecule has 0 bridgehead atoms. The number of nitrogens with one attached hydrogen (secondary N) is 1. The van der Waals surface area contributed by atoms with E-state index in [1.807, 2.05) is 38.1 Å². The van der Waals surface area contributed by atoms with Crippen LogP contribution in [0.3, 0.4) is 0 Å². The van der Waals surface area contributed by atoms with Gasteiger partial charge in [0, 0.05) is 21.8 Å². The summed E-state index contributed by atoms with van der Waals surface area (Å²) in [6.07, 6.45) is 0. The van der Waals surface area contributed by atoms with Gasteiger partial charge in [-0.3, -0.25) is 0 Å². The molecule has 0 aliphatic rings. The van der Waals surface area contributed by atoms with E-state index in [1.54, 1.807) is 0 Å². The van der Waals surface area contributed by atoms with Crippen LogP contribution < -0.4 is 0 Å². The van der Waals surface area contributed by atoms with E-state index in [-0.39, 0.29) is 5.97 Å². The van der Waals surface area contributed by atoms with Crippen LogP contribution in [0.1, 0.15) is 21.7 Å². The summed E-state index contributed by atoms with van der Waals surface area (Å²) < 4.78 is 9.68. The first-order valence-electron chi connectivity index (χ1n) is 6.33. The molecule has 2 aromatic rings. The fourth-order valence-corrected chi connectivity index (χ4v) is 2.64. The average molecular weight is 307 g/mol. The normalized spacial score (nSPS) is 10.7. The van der Waals surface area contributed by atoms with Crippen LogP contribution in [-0.4, -0.2) is 25.2 Å². The molecule has 1 aromatic carbocycles. The van der Waals surface area contributed by atoms with Crippen LogP contribution in [0.15, 0.2) is 29.2 Å². The number of hydrogen-bond acceptors (Lipinski definition) is 5. The monoisotopic (exact) mass is 307 g/mol. The Kier molecular flexibility index (Phi) is 5.06. The molecule has 0 saturated heterocycles. The predicted octanol–water partition coefficient (Wildman–Crippen LogP) is 3.67. The van der Waals surface area contributed by atoms with Crippen LogP contribution >= 0.6 is 12.0 Å². The van der Waals surface area contributed by atoms with E-state index in [2.05, 4.69) is 9.87 Å². The number of methoxy groups -OCH3 is 1. The molecule has 0 spiro atoms. The summed E-state index contributed by atoms with van der Waals surface area (Å²) in [4.78, 5) is 20.6. The molecule has 5 nitrogen and oxygen atoms in total. The molecular weight excluding hydrogens is 290 g/mol. The maximum absolute atomic E-state index is 12.0. The number of aryl methyl sites for hydroxylation is 2. The van der Waals surface area contributed by atoms with Gasteiger partial charge in [0.15, 0.2) is 0 Å². The van der Waals surface area contributed by atoms with E-state index in [0.717, 1.165) is 39.5 Å². The van der Waals surface area contributed by atoms with Crippen molar-refractivity contribution in [3.8, 4) is 11.1 Å². The highest BCUT2D eigenvalue weighted by molar-refractivity contribution is 7.94. The zero-order valence-corrected chi connectivity index (χ0v) is 13.2. The van der Waals surface area contributed by atoms with Crippen molar-refractivity contribution in [3.05, 3.63) is 41.2 Å². The van der Waals surface area contributed by atoms with Crippen LogP contribution in [0, 0.1) is 13.8 Å². The summed E-state index contributed by atoms with van der Waals surface area (Å²) in [5.41, 5.74) is 4.11. The van der Waals surface area contributed by atoms with Gasteiger partial charge in [0.2, 0.25) is 0 Å². The molecule has 1 heterocycles. The third-order valence-corrected chi connectivity index (χ3v) is 3.77. The number of aromatic amines is 1. The van der Waals surface area contributed by atoms with E-state index in [9.17, 15) is 4.79 Å². The lowest BCUT2D eigenvalue weighted by atomic mass is 10.0. The smallest absolute Gasteiger partial charge is 0.340 e. The summed E-state index contributed by atoms with van der Waals surface area (Å²) in [5.74, 6) is -0.340. The number of H-pyrrole nitrogens is 1. The Balaban J connectivity index is 2.40. The summed E-state index contributed by atoms with van der Waals surface area (Å²) >= 11 is 1.13. The number of rotatable bonds is 5. The first-order valence-corrected chi connectivity index (χ1v) is 7.08. The molecule has 0 saturated carbocycles. The second-order valence-corrected chi connectivity index (χ2v) is 5.23. The van der Waals surface area contributed by atoms with Crippen molar-refractivity contribution in [3.63, 3.8) is 0 Å². The van der Waals surface area contributed by atoms with Crippen molar-refractivity contribution in [2.45, 2.75) is 18.7 Å². The molecule has 2 rings (SSSR count). The van der Waals surface area contributed by atoms with E-state index < -0.39 is 0 Å². The average Bonchev–Trinajstić information content (AvgIpc) is 2.79. The van der Waals surface area contributed by atoms with Crippen LogP contribution in [0.2, 0.25) is 0 Å². The Hall–Kier alpha value is -1.76. The fourth-order valence-electron chi connectivity index (χ4n) is 2.25. The van der Waals surface area contributed by atoms with Gasteiger partial charge in [-0.1, -0.05) is 12.1 Å². The Morgan fingerprint density at radius 1 is 1.10 bits per heavy atom. The molecule has 0 unspecified atom stereocenters. The molecule has 0 aliphatic carbocycles. The molecule has 0 aliphatic heterocycles. The van der Waals surface area contributed by atoms with Crippen LogP contribution in [0.4, 0.5) is 0 Å². The second kappa shape index (κ2) is 6.80. The maximum Gasteiger partial charge on any atom is 0.340 e. The highest BCUT2D eigenvalue weighted by Gasteiger charge is 2.20. The van der Waals surface area contributed by atoms with Gasteiger partial charge < -0.3 is 9.72 Å². The molecule has 0 amide bonds. The van der Waals surface area contributed by atoms with Gasteiger partial charge in [0.25, 0.3) is 0 Å². The topological polar surface area (TPSA) is 60.5 Å². The van der Waals surface area contributed by atoms with Gasteiger partial charge in [-0.25, -0.2) is 9.68 Å². The van der Waals surface area contributed by atoms with Gasteiger partial charge in [-0.05, 0) is 31.5 Å². The summed E-state index contributed by atoms with van der Waals surface area (Å²) in [6.45, 7) is 3.80. The highest BCUT2D eigenvalue weighted by atomic mass is 32.2. The summed E-state index contributed by atoms with van der Waals surface area (Å²) in [5, 5.41) is 0. The van der Waals surface area contributed by atoms with Crippen molar-refractivity contribution < 1.29 is 18.8 Å². The largest absolute Gasteiger partial charge is 0.465 e. The molecule has 1 N–H and O–H groups in total. The molecule has 112 valence electrons. The zero-order chi connectivity index (χ0) is 15.4. The van der Waals surface area contributed by atoms with E-state index in [4.69, 9.17) is 9.07 Å². The van der Waals surface area contributed by atoms with Crippen LogP contribution in [0.25, 0.3) is 11.1 Å². The molecule has 0 atom stereocenters. The van der Waals surface area contributed by atoms with Crippen molar-refractivity contribution in [1.82, 2.24) is 4.98 Å². The van der Waals surface area contributed by atoms with Crippen molar-refractivity contribution in [2.75, 3.05) is 14.2 Å². The summed E-state index contributed by atoms with van der Waals surface area (Å²) in [7, 11) is 2.84. The van der Waals surface area contributed by atoms with Gasteiger partial charge in [-0.2, -0.15) is 4.33 Å². The van der Waals surface area contributed by atoms with Crippen molar-refractivity contribution in [2.24, 2.45) is 0 Å². The van der Waals surface area contributed by atoms with Crippen LogP contribution in [0.5, 0.6) is 0 Å². The number of carbonyl (C=O) groups excluding carboxylic acids is 1. The molecule has 1 aromatic heterocycles. The lowest BCUT2D eigenvalue weighted by Gasteiger charge is -2.06.